The van der Waals surface area contributed by atoms with E-state index in [-0.39, 0.29) is 24.4 Å². The molecule has 4 rings (SSSR count). The zero-order valence-corrected chi connectivity index (χ0v) is 17.5. The largest absolute Gasteiger partial charge is 0.497 e. The van der Waals surface area contributed by atoms with Gasteiger partial charge < -0.3 is 20.1 Å². The molecule has 2 heterocycles. The molecule has 2 N–H and O–H groups in total. The number of nitrogens with two attached hydrogens (primary N) is 1. The van der Waals surface area contributed by atoms with Crippen LogP contribution in [0.25, 0.3) is 11.1 Å². The van der Waals surface area contributed by atoms with Crippen LogP contribution in [0.5, 0.6) is 11.5 Å². The van der Waals surface area contributed by atoms with Crippen molar-refractivity contribution in [2.45, 2.75) is 18.8 Å². The van der Waals surface area contributed by atoms with Gasteiger partial charge in [-0.15, -0.1) is 0 Å². The molecule has 0 radical (unpaired) electrons. The SMILES string of the molecule is COc1ccc(-c2cnc(N)nc2C2CCCN(C(=O)COc3ccccc3)C2)cc1. The summed E-state index contributed by atoms with van der Waals surface area (Å²) in [5.41, 5.74) is 8.72. The van der Waals surface area contributed by atoms with E-state index in [2.05, 4.69) is 9.97 Å². The molecule has 0 aliphatic carbocycles. The van der Waals surface area contributed by atoms with Gasteiger partial charge in [0.1, 0.15) is 11.5 Å². The zero-order valence-electron chi connectivity index (χ0n) is 17.5. The highest BCUT2D eigenvalue weighted by Crippen LogP contribution is 2.34. The van der Waals surface area contributed by atoms with Crippen LogP contribution in [0.4, 0.5) is 5.95 Å². The van der Waals surface area contributed by atoms with Crippen molar-refractivity contribution >= 4 is 11.9 Å². The summed E-state index contributed by atoms with van der Waals surface area (Å²) >= 11 is 0. The summed E-state index contributed by atoms with van der Waals surface area (Å²) in [4.78, 5) is 23.4. The Labute approximate surface area is 181 Å². The molecule has 1 aliphatic heterocycles. The minimum absolute atomic E-state index is 0.0218. The van der Waals surface area contributed by atoms with E-state index in [4.69, 9.17) is 15.2 Å². The predicted molar refractivity (Wildman–Crippen MR) is 119 cm³/mol. The number of nitrogen functional groups attached to an aromatic ring is 1. The van der Waals surface area contributed by atoms with Gasteiger partial charge in [-0.2, -0.15) is 0 Å². The fraction of sp³-hybridized carbons (Fsp3) is 0.292. The lowest BCUT2D eigenvalue weighted by molar-refractivity contribution is -0.134. The Bertz CT molecular complexity index is 1020. The van der Waals surface area contributed by atoms with Gasteiger partial charge in [0.25, 0.3) is 5.91 Å². The minimum Gasteiger partial charge on any atom is -0.497 e. The number of methoxy groups -OCH3 is 1. The van der Waals surface area contributed by atoms with E-state index in [9.17, 15) is 4.79 Å². The number of aromatic nitrogens is 2. The summed E-state index contributed by atoms with van der Waals surface area (Å²) in [7, 11) is 1.64. The van der Waals surface area contributed by atoms with Crippen molar-refractivity contribution in [2.75, 3.05) is 32.5 Å². The van der Waals surface area contributed by atoms with Crippen LogP contribution in [0.2, 0.25) is 0 Å². The molecule has 2 aromatic carbocycles. The fourth-order valence-electron chi connectivity index (χ4n) is 3.89. The molecule has 160 valence electrons. The number of carbonyl (C=O) groups excluding carboxylic acids is 1. The highest BCUT2D eigenvalue weighted by atomic mass is 16.5. The van der Waals surface area contributed by atoms with Gasteiger partial charge >= 0.3 is 0 Å². The Morgan fingerprint density at radius 2 is 1.90 bits per heavy atom. The van der Waals surface area contributed by atoms with E-state index in [1.54, 1.807) is 13.3 Å². The van der Waals surface area contributed by atoms with Crippen LogP contribution in [0.15, 0.2) is 60.8 Å². The number of amides is 1. The number of hydrogen-bond acceptors (Lipinski definition) is 6. The van der Waals surface area contributed by atoms with Gasteiger partial charge in [-0.3, -0.25) is 4.79 Å². The van der Waals surface area contributed by atoms with Crippen molar-refractivity contribution in [3.8, 4) is 22.6 Å². The molecule has 7 heteroatoms. The standard InChI is InChI=1S/C24H26N4O3/c1-30-19-11-9-17(10-12-19)21-14-26-24(25)27-23(21)18-6-5-13-28(15-18)22(29)16-31-20-7-3-2-4-8-20/h2-4,7-12,14,18H,5-6,13,15-16H2,1H3,(H2,25,26,27). The number of ether oxygens (including phenoxy) is 2. The summed E-state index contributed by atoms with van der Waals surface area (Å²) in [6.07, 6.45) is 3.59. The molecular weight excluding hydrogens is 392 g/mol. The van der Waals surface area contributed by atoms with Crippen molar-refractivity contribution in [1.29, 1.82) is 0 Å². The second-order valence-corrected chi connectivity index (χ2v) is 7.54. The van der Waals surface area contributed by atoms with Crippen molar-refractivity contribution in [2.24, 2.45) is 0 Å². The van der Waals surface area contributed by atoms with Crippen molar-refractivity contribution in [3.05, 3.63) is 66.5 Å². The number of nitrogens with zero attached hydrogens (tertiary/aromatic N) is 3. The zero-order chi connectivity index (χ0) is 21.6. The monoisotopic (exact) mass is 418 g/mol. The van der Waals surface area contributed by atoms with E-state index in [1.165, 1.54) is 0 Å². The second kappa shape index (κ2) is 9.47. The van der Waals surface area contributed by atoms with Crippen LogP contribution in [-0.4, -0.2) is 47.6 Å². The first-order valence-corrected chi connectivity index (χ1v) is 10.4. The van der Waals surface area contributed by atoms with Crippen LogP contribution in [-0.2, 0) is 4.79 Å². The number of anilines is 1. The van der Waals surface area contributed by atoms with E-state index in [0.717, 1.165) is 35.4 Å². The minimum atomic E-state index is -0.0263. The third-order valence-electron chi connectivity index (χ3n) is 5.50. The highest BCUT2D eigenvalue weighted by molar-refractivity contribution is 5.78. The van der Waals surface area contributed by atoms with Gasteiger partial charge in [0.2, 0.25) is 5.95 Å². The average molecular weight is 418 g/mol. The maximum absolute atomic E-state index is 12.8. The Morgan fingerprint density at radius 1 is 1.13 bits per heavy atom. The average Bonchev–Trinajstić information content (AvgIpc) is 2.83. The number of para-hydroxylation sites is 1. The van der Waals surface area contributed by atoms with Gasteiger partial charge in [-0.05, 0) is 42.7 Å². The van der Waals surface area contributed by atoms with E-state index >= 15 is 0 Å². The van der Waals surface area contributed by atoms with Crippen LogP contribution >= 0.6 is 0 Å². The first kappa shape index (κ1) is 20.7. The number of carbonyl (C=O) groups is 1. The molecule has 1 atom stereocenters. The lowest BCUT2D eigenvalue weighted by Gasteiger charge is -2.33. The Balaban J connectivity index is 1.51. The first-order chi connectivity index (χ1) is 15.1. The van der Waals surface area contributed by atoms with Crippen LogP contribution < -0.4 is 15.2 Å². The van der Waals surface area contributed by atoms with Gasteiger partial charge in [0, 0.05) is 30.8 Å². The summed E-state index contributed by atoms with van der Waals surface area (Å²) in [5, 5.41) is 0. The van der Waals surface area contributed by atoms with Crippen molar-refractivity contribution in [1.82, 2.24) is 14.9 Å². The predicted octanol–water partition coefficient (Wildman–Crippen LogP) is 3.52. The number of piperidine rings is 1. The number of likely N-dealkylation sites (tertiary alicyclic amines) is 1. The molecular formula is C24H26N4O3. The van der Waals surface area contributed by atoms with Crippen LogP contribution in [0.1, 0.15) is 24.5 Å². The molecule has 1 amide bonds. The maximum atomic E-state index is 12.8. The Hall–Kier alpha value is -3.61. The summed E-state index contributed by atoms with van der Waals surface area (Å²) in [6, 6.07) is 17.2. The topological polar surface area (TPSA) is 90.6 Å². The molecule has 0 bridgehead atoms. The molecule has 31 heavy (non-hydrogen) atoms. The summed E-state index contributed by atoms with van der Waals surface area (Å²) in [6.45, 7) is 1.32. The molecule has 0 spiro atoms. The molecule has 1 aromatic heterocycles. The molecule has 1 aliphatic rings. The van der Waals surface area contributed by atoms with Gasteiger partial charge in [-0.1, -0.05) is 30.3 Å². The Morgan fingerprint density at radius 3 is 2.65 bits per heavy atom. The lowest BCUT2D eigenvalue weighted by Crippen LogP contribution is -2.41. The number of benzene rings is 2. The number of rotatable bonds is 6. The van der Waals surface area contributed by atoms with Crippen molar-refractivity contribution < 1.29 is 14.3 Å². The molecule has 1 saturated heterocycles. The Kier molecular flexibility index (Phi) is 6.31. The van der Waals surface area contributed by atoms with E-state index < -0.39 is 0 Å². The normalized spacial score (nSPS) is 16.0. The van der Waals surface area contributed by atoms with Crippen LogP contribution in [0.3, 0.4) is 0 Å². The quantitative estimate of drug-likeness (QED) is 0.659. The van der Waals surface area contributed by atoms with Crippen molar-refractivity contribution in [3.63, 3.8) is 0 Å². The van der Waals surface area contributed by atoms with Gasteiger partial charge in [-0.25, -0.2) is 9.97 Å². The molecule has 7 nitrogen and oxygen atoms in total. The molecule has 1 fully saturated rings. The second-order valence-electron chi connectivity index (χ2n) is 7.54. The van der Waals surface area contributed by atoms with Crippen LogP contribution in [0, 0.1) is 0 Å². The molecule has 1 unspecified atom stereocenters. The first-order valence-electron chi connectivity index (χ1n) is 10.4. The van der Waals surface area contributed by atoms with E-state index in [0.29, 0.717) is 18.8 Å². The maximum Gasteiger partial charge on any atom is 0.260 e. The smallest absolute Gasteiger partial charge is 0.260 e. The fourth-order valence-corrected chi connectivity index (χ4v) is 3.89. The lowest BCUT2D eigenvalue weighted by atomic mass is 9.90. The third-order valence-corrected chi connectivity index (χ3v) is 5.50. The van der Waals surface area contributed by atoms with Gasteiger partial charge in [0.05, 0.1) is 12.8 Å². The molecule has 0 saturated carbocycles. The molecule has 3 aromatic rings. The highest BCUT2D eigenvalue weighted by Gasteiger charge is 2.28. The van der Waals surface area contributed by atoms with E-state index in [1.807, 2.05) is 59.5 Å². The number of hydrogen-bond donors (Lipinski definition) is 1. The summed E-state index contributed by atoms with van der Waals surface area (Å²) < 4.78 is 10.9. The third kappa shape index (κ3) is 4.94. The summed E-state index contributed by atoms with van der Waals surface area (Å²) in [5.74, 6) is 1.77. The van der Waals surface area contributed by atoms with Gasteiger partial charge in [0.15, 0.2) is 6.61 Å².